The number of carbonyl (C=O) groups excluding carboxylic acids is 3. The maximum Gasteiger partial charge on any atom is 1.00 e. The van der Waals surface area contributed by atoms with Gasteiger partial charge in [-0.25, -0.2) is 9.79 Å². The molecule has 3 atom stereocenters. The average Bonchev–Trinajstić information content (AvgIpc) is 3.46. The van der Waals surface area contributed by atoms with Crippen LogP contribution >= 0.6 is 23.5 Å². The molecule has 1 aliphatic carbocycles. The van der Waals surface area contributed by atoms with Gasteiger partial charge in [-0.05, 0) is 125 Å². The predicted molar refractivity (Wildman–Crippen MR) is 314 cm³/mol. The Bertz CT molecular complexity index is 2780. The van der Waals surface area contributed by atoms with Crippen molar-refractivity contribution in [2.24, 2.45) is 15.2 Å². The van der Waals surface area contributed by atoms with Gasteiger partial charge in [-0.1, -0.05) is 142 Å². The Labute approximate surface area is 503 Å². The van der Waals surface area contributed by atoms with Gasteiger partial charge in [0.15, 0.2) is 11.9 Å². The number of β-lactam (4-membered cyclic amide) rings is 1. The van der Waals surface area contributed by atoms with E-state index in [1.54, 1.807) is 58.8 Å². The van der Waals surface area contributed by atoms with Crippen LogP contribution in [0.3, 0.4) is 0 Å². The minimum Gasteiger partial charge on any atom is -0.649 e. The number of hydrogen-bond acceptors (Lipinski definition) is 11. The molecule has 3 unspecified atom stereocenters. The normalized spacial score (nSPS) is 17.7. The molecule has 1 amide bonds. The van der Waals surface area contributed by atoms with Crippen molar-refractivity contribution in [2.75, 3.05) is 37.0 Å². The van der Waals surface area contributed by atoms with Gasteiger partial charge in [0.25, 0.3) is 0 Å². The molecule has 3 heterocycles. The van der Waals surface area contributed by atoms with Crippen molar-refractivity contribution in [1.29, 1.82) is 0 Å². The summed E-state index contributed by atoms with van der Waals surface area (Å²) in [4.78, 5) is 50.7. The molecule has 396 valence electrons. The van der Waals surface area contributed by atoms with E-state index in [1.807, 2.05) is 190 Å². The summed E-state index contributed by atoms with van der Waals surface area (Å²) in [6.07, 6.45) is 7.53. The predicted octanol–water partition coefficient (Wildman–Crippen LogP) is 13.0. The summed E-state index contributed by atoms with van der Waals surface area (Å²) in [7, 11) is 3.99. The van der Waals surface area contributed by atoms with Gasteiger partial charge < -0.3 is 20.1 Å². The van der Waals surface area contributed by atoms with Crippen molar-refractivity contribution in [2.45, 2.75) is 116 Å². The number of aromatic hydroxyl groups is 1. The number of aliphatic imine (C=N–C) groups is 1. The fourth-order valence-electron chi connectivity index (χ4n) is 8.92. The van der Waals surface area contributed by atoms with Crippen LogP contribution in [0.5, 0.6) is 5.75 Å². The molecule has 1 saturated heterocycles. The van der Waals surface area contributed by atoms with Gasteiger partial charge in [-0.3, -0.25) is 14.5 Å². The minimum absolute atomic E-state index is 0. The zero-order valence-corrected chi connectivity index (χ0v) is 51.4. The monoisotopic (exact) mass is 1090 g/mol. The average molecular weight is 1090 g/mol. The second kappa shape index (κ2) is 32.1. The second-order valence-electron chi connectivity index (χ2n) is 17.3. The number of fused-ring (bicyclic) bond motifs is 3. The Morgan fingerprint density at radius 1 is 0.816 bits per heavy atom. The topological polar surface area (TPSA) is 138 Å². The molecule has 3 aliphatic heterocycles. The third kappa shape index (κ3) is 15.9. The number of nitrogens with zero attached hydrogens (tertiary/aromatic N) is 6. The number of hydrogen-bond donors (Lipinski definition) is 1. The molecule has 5 aromatic carbocycles. The number of azo groups is 1. The van der Waals surface area contributed by atoms with Gasteiger partial charge in [0, 0.05) is 41.6 Å². The van der Waals surface area contributed by atoms with Gasteiger partial charge in [0.2, 0.25) is 5.91 Å². The van der Waals surface area contributed by atoms with E-state index in [-0.39, 0.29) is 74.2 Å². The number of unbranched alkanes of at least 4 members (excludes halogenated alkanes) is 2. The number of rotatable bonds is 17. The van der Waals surface area contributed by atoms with Crippen molar-refractivity contribution in [3.8, 4) is 5.75 Å². The van der Waals surface area contributed by atoms with E-state index < -0.39 is 23.5 Å². The zero-order chi connectivity index (χ0) is 54.5. The SMILES string of the molecule is CC.CC.CC.CC.CN(C)c1ccc(N=Nc2ccc(SCC3=C(C(=O)OC(c4ccccc4)c4ccccc4)N4C(=O)C([N-]CCCCCC5(C)C6=CC(=O)C=CC6=Nc6ccc(O)cc65)C4SC3)cc2)cc1.[K+]. The number of ketones is 1. The van der Waals surface area contributed by atoms with E-state index in [1.165, 1.54) is 0 Å². The summed E-state index contributed by atoms with van der Waals surface area (Å²) in [5.74, 6) is 0.385. The second-order valence-corrected chi connectivity index (χ2v) is 19.5. The number of thioether (sulfide) groups is 2. The first-order chi connectivity index (χ1) is 36.6. The number of phenolic OH excluding ortho intramolecular Hbond substituents is 1. The van der Waals surface area contributed by atoms with Crippen molar-refractivity contribution in [3.63, 3.8) is 0 Å². The summed E-state index contributed by atoms with van der Waals surface area (Å²) in [5, 5.41) is 23.8. The van der Waals surface area contributed by atoms with E-state index in [4.69, 9.17) is 15.0 Å². The molecule has 1 fully saturated rings. The van der Waals surface area contributed by atoms with Crippen LogP contribution in [0, 0.1) is 0 Å². The molecule has 0 aromatic heterocycles. The van der Waals surface area contributed by atoms with Crippen molar-refractivity contribution in [3.05, 3.63) is 184 Å². The maximum atomic E-state index is 14.6. The number of phenols is 1. The first kappa shape index (κ1) is 63.6. The molecule has 76 heavy (non-hydrogen) atoms. The molecule has 14 heteroatoms. The van der Waals surface area contributed by atoms with Crippen molar-refractivity contribution >= 4 is 69.6 Å². The van der Waals surface area contributed by atoms with Crippen LogP contribution in [0.4, 0.5) is 22.7 Å². The molecule has 11 nitrogen and oxygen atoms in total. The Kier molecular flexibility index (Phi) is 26.9. The summed E-state index contributed by atoms with van der Waals surface area (Å²) in [6.45, 7) is 18.6. The Balaban J connectivity index is 0.00000133. The van der Waals surface area contributed by atoms with Gasteiger partial charge in [0.1, 0.15) is 11.4 Å². The third-order valence-corrected chi connectivity index (χ3v) is 15.0. The van der Waals surface area contributed by atoms with Gasteiger partial charge in [0.05, 0.1) is 28.1 Å². The van der Waals surface area contributed by atoms with E-state index in [9.17, 15) is 19.5 Å². The fraction of sp³-hybridized carbons (Fsp3) is 0.355. The summed E-state index contributed by atoms with van der Waals surface area (Å²) >= 11 is 3.22. The van der Waals surface area contributed by atoms with E-state index in [2.05, 4.69) is 17.2 Å². The van der Waals surface area contributed by atoms with Gasteiger partial charge in [-0.2, -0.15) is 10.2 Å². The molecule has 0 saturated carbocycles. The van der Waals surface area contributed by atoms with Crippen LogP contribution in [0.25, 0.3) is 5.32 Å². The van der Waals surface area contributed by atoms with Crippen LogP contribution in [0.1, 0.15) is 111 Å². The zero-order valence-electron chi connectivity index (χ0n) is 46.6. The minimum atomic E-state index is -0.672. The van der Waals surface area contributed by atoms with Crippen LogP contribution in [0.15, 0.2) is 183 Å². The maximum absolute atomic E-state index is 14.6. The molecular weight excluding hydrogens is 1010 g/mol. The molecule has 0 spiro atoms. The van der Waals surface area contributed by atoms with Gasteiger partial charge in [-0.15, -0.1) is 30.1 Å². The molecule has 4 aliphatic rings. The molecular formula is C62H75KN6O5S2. The molecule has 9 rings (SSSR count). The molecule has 1 N–H and O–H groups in total. The molecule has 0 bridgehead atoms. The van der Waals surface area contributed by atoms with Gasteiger partial charge >= 0.3 is 57.4 Å². The summed E-state index contributed by atoms with van der Waals surface area (Å²) < 4.78 is 6.42. The van der Waals surface area contributed by atoms with Crippen LogP contribution in [-0.4, -0.2) is 76.9 Å². The Morgan fingerprint density at radius 3 is 2.00 bits per heavy atom. The summed E-state index contributed by atoms with van der Waals surface area (Å²) in [6, 6.07) is 39.7. The van der Waals surface area contributed by atoms with E-state index in [0.717, 1.165) is 86.9 Å². The molecule has 5 aromatic rings. The number of amides is 1. The number of benzene rings is 5. The quantitative estimate of drug-likeness (QED) is 0.0185. The van der Waals surface area contributed by atoms with Crippen LogP contribution in [-0.2, 0) is 24.5 Å². The Morgan fingerprint density at radius 2 is 1.41 bits per heavy atom. The van der Waals surface area contributed by atoms with Crippen molar-refractivity contribution in [1.82, 2.24) is 4.90 Å². The largest absolute Gasteiger partial charge is 1.00 e. The Hall–Kier alpha value is -4.90. The number of esters is 1. The summed E-state index contributed by atoms with van der Waals surface area (Å²) in [5.41, 5.74) is 8.22. The van der Waals surface area contributed by atoms with E-state index in [0.29, 0.717) is 23.7 Å². The number of allylic oxidation sites excluding steroid dienone is 4. The molecule has 0 radical (unpaired) electrons. The number of anilines is 1. The van der Waals surface area contributed by atoms with Crippen LogP contribution < -0.4 is 56.3 Å². The smallest absolute Gasteiger partial charge is 0.649 e. The number of carbonyl (C=O) groups is 3. The standard InChI is InChI=1S/C54H51N6O5S2.4C2H6.K/c1-54(44-31-41(61)23-27-46(44)56-47-28-24-42(62)32-45(47)54)29-11-6-12-30-55-48-51(63)60-49(53(64)65-50(35-13-7-4-8-14-35)36-15-9-5-10-16-36)37(34-67-52(48)60)33-66-43-25-19-39(20-26-43)58-57-38-17-21-40(22-18-38)59(2)3;4*1-2;/h4-5,7-10,13-28,31-32,48,50,52,61H,6,11-12,29-30,33-34H2,1-3H3;4*1-2H3;/q-1;;;;;+1. The van der Waals surface area contributed by atoms with E-state index >= 15 is 0 Å². The van der Waals surface area contributed by atoms with Crippen molar-refractivity contribution < 1.29 is 75.6 Å². The first-order valence-electron chi connectivity index (χ1n) is 26.5. The first-order valence-corrected chi connectivity index (χ1v) is 28.5. The third-order valence-electron chi connectivity index (χ3n) is 12.6. The number of ether oxygens (including phenoxy) is 1. The fourth-order valence-corrected chi connectivity index (χ4v) is 11.3. The van der Waals surface area contributed by atoms with Crippen LogP contribution in [0.2, 0.25) is 0 Å².